The highest BCUT2D eigenvalue weighted by Crippen LogP contribution is 2.35. The van der Waals surface area contributed by atoms with Crippen LogP contribution < -0.4 is 4.31 Å². The van der Waals surface area contributed by atoms with Crippen LogP contribution in [0.5, 0.6) is 0 Å². The summed E-state index contributed by atoms with van der Waals surface area (Å²) in [6, 6.07) is 7.52. The maximum absolute atomic E-state index is 13.3. The number of anilines is 1. The molecule has 0 fully saturated rings. The molecule has 0 aliphatic carbocycles. The van der Waals surface area contributed by atoms with Crippen molar-refractivity contribution >= 4 is 38.6 Å². The zero-order chi connectivity index (χ0) is 14.3. The summed E-state index contributed by atoms with van der Waals surface area (Å²) in [6.07, 6.45) is 0.600. The molecule has 1 aliphatic heterocycles. The predicted molar refractivity (Wildman–Crippen MR) is 78.5 cm³/mol. The molecule has 1 aromatic carbocycles. The van der Waals surface area contributed by atoms with Crippen molar-refractivity contribution in [2.24, 2.45) is 0 Å². The lowest BCUT2D eigenvalue weighted by molar-refractivity contribution is 0.594. The van der Waals surface area contributed by atoms with Crippen LogP contribution in [0.25, 0.3) is 0 Å². The molecule has 3 rings (SSSR count). The zero-order valence-electron chi connectivity index (χ0n) is 10.3. The lowest BCUT2D eigenvalue weighted by Gasteiger charge is -2.18. The molecule has 20 heavy (non-hydrogen) atoms. The minimum absolute atomic E-state index is 0.241. The van der Waals surface area contributed by atoms with E-state index in [1.807, 2.05) is 0 Å². The highest BCUT2D eigenvalue weighted by Gasteiger charge is 2.32. The number of thiophene rings is 1. The van der Waals surface area contributed by atoms with Gasteiger partial charge in [0, 0.05) is 11.4 Å². The Morgan fingerprint density at radius 2 is 2.10 bits per heavy atom. The molecule has 2 heterocycles. The van der Waals surface area contributed by atoms with Crippen molar-refractivity contribution in [1.82, 2.24) is 0 Å². The van der Waals surface area contributed by atoms with Crippen LogP contribution in [0.2, 0.25) is 0 Å². The number of hydrogen-bond donors (Lipinski definition) is 0. The van der Waals surface area contributed by atoms with E-state index in [4.69, 9.17) is 11.6 Å². The van der Waals surface area contributed by atoms with Crippen LogP contribution in [0.1, 0.15) is 10.4 Å². The Morgan fingerprint density at radius 3 is 2.80 bits per heavy atom. The summed E-state index contributed by atoms with van der Waals surface area (Å²) in [5.41, 5.74) is 1.29. The molecule has 106 valence electrons. The maximum Gasteiger partial charge on any atom is 0.273 e. The standard InChI is InChI=1S/C13H11ClFNO2S2/c14-8-11-3-4-13(19-11)20(17,18)16-6-5-9-1-2-10(15)7-12(9)16/h1-4,7H,5-6,8H2. The molecular formula is C13H11ClFNO2S2. The normalized spacial score (nSPS) is 14.6. The van der Waals surface area contributed by atoms with Gasteiger partial charge in [-0.2, -0.15) is 0 Å². The number of benzene rings is 1. The fourth-order valence-electron chi connectivity index (χ4n) is 2.25. The first-order valence-corrected chi connectivity index (χ1v) is 8.77. The summed E-state index contributed by atoms with van der Waals surface area (Å²) >= 11 is 6.85. The van der Waals surface area contributed by atoms with E-state index in [2.05, 4.69) is 0 Å². The van der Waals surface area contributed by atoms with Crippen LogP contribution >= 0.6 is 22.9 Å². The predicted octanol–water partition coefficient (Wildman–Crippen LogP) is 3.38. The molecule has 0 saturated heterocycles. The first-order valence-electron chi connectivity index (χ1n) is 5.98. The van der Waals surface area contributed by atoms with Gasteiger partial charge in [0.2, 0.25) is 0 Å². The van der Waals surface area contributed by atoms with Crippen molar-refractivity contribution in [1.29, 1.82) is 0 Å². The fourth-order valence-corrected chi connectivity index (χ4v) is 5.32. The number of sulfonamides is 1. The Bertz CT molecular complexity index is 757. The van der Waals surface area contributed by atoms with Gasteiger partial charge in [-0.25, -0.2) is 12.8 Å². The molecule has 2 aromatic rings. The summed E-state index contributed by atoms with van der Waals surface area (Å²) in [5, 5.41) is 0. The molecule has 0 bridgehead atoms. The summed E-state index contributed by atoms with van der Waals surface area (Å²) < 4.78 is 40.1. The molecule has 0 amide bonds. The topological polar surface area (TPSA) is 37.4 Å². The van der Waals surface area contributed by atoms with E-state index in [-0.39, 0.29) is 10.1 Å². The van der Waals surface area contributed by atoms with Crippen molar-refractivity contribution in [3.05, 3.63) is 46.6 Å². The van der Waals surface area contributed by atoms with Crippen LogP contribution in [-0.2, 0) is 22.3 Å². The van der Waals surface area contributed by atoms with E-state index in [0.29, 0.717) is 18.7 Å². The van der Waals surface area contributed by atoms with E-state index in [0.717, 1.165) is 21.8 Å². The van der Waals surface area contributed by atoms with Gasteiger partial charge >= 0.3 is 0 Å². The van der Waals surface area contributed by atoms with Crippen LogP contribution in [0.4, 0.5) is 10.1 Å². The molecule has 3 nitrogen and oxygen atoms in total. The summed E-state index contributed by atoms with van der Waals surface area (Å²) in [6.45, 7) is 0.342. The highest BCUT2D eigenvalue weighted by atomic mass is 35.5. The van der Waals surface area contributed by atoms with Crippen molar-refractivity contribution in [2.75, 3.05) is 10.8 Å². The Kier molecular flexibility index (Phi) is 3.48. The van der Waals surface area contributed by atoms with Crippen molar-refractivity contribution < 1.29 is 12.8 Å². The summed E-state index contributed by atoms with van der Waals surface area (Å²) in [4.78, 5) is 0.795. The van der Waals surface area contributed by atoms with E-state index >= 15 is 0 Å². The van der Waals surface area contributed by atoms with Gasteiger partial charge in [-0.3, -0.25) is 4.31 Å². The van der Waals surface area contributed by atoms with Crippen molar-refractivity contribution in [3.8, 4) is 0 Å². The fraction of sp³-hybridized carbons (Fsp3) is 0.231. The first kappa shape index (κ1) is 13.9. The van der Waals surface area contributed by atoms with Crippen LogP contribution in [0.3, 0.4) is 0 Å². The van der Waals surface area contributed by atoms with Crippen LogP contribution in [0, 0.1) is 5.82 Å². The van der Waals surface area contributed by atoms with Gasteiger partial charge in [0.05, 0.1) is 11.6 Å². The Balaban J connectivity index is 2.04. The Hall–Kier alpha value is -1.11. The van der Waals surface area contributed by atoms with Gasteiger partial charge in [0.1, 0.15) is 10.0 Å². The third-order valence-corrected chi connectivity index (χ3v) is 7.03. The third-order valence-electron chi connectivity index (χ3n) is 3.21. The number of fused-ring (bicyclic) bond motifs is 1. The van der Waals surface area contributed by atoms with Crippen LogP contribution in [-0.4, -0.2) is 15.0 Å². The van der Waals surface area contributed by atoms with Gasteiger partial charge < -0.3 is 0 Å². The van der Waals surface area contributed by atoms with E-state index < -0.39 is 15.8 Å². The molecule has 0 saturated carbocycles. The quantitative estimate of drug-likeness (QED) is 0.809. The highest BCUT2D eigenvalue weighted by molar-refractivity contribution is 7.94. The second kappa shape index (κ2) is 5.02. The number of halogens is 2. The SMILES string of the molecule is O=S(=O)(c1ccc(CCl)s1)N1CCc2ccc(F)cc21. The van der Waals surface area contributed by atoms with E-state index in [1.165, 1.54) is 16.4 Å². The molecule has 1 aliphatic rings. The molecule has 0 atom stereocenters. The third kappa shape index (κ3) is 2.21. The van der Waals surface area contributed by atoms with Crippen molar-refractivity contribution in [2.45, 2.75) is 16.5 Å². The van der Waals surface area contributed by atoms with Crippen LogP contribution in [0.15, 0.2) is 34.5 Å². The summed E-state index contributed by atoms with van der Waals surface area (Å²) in [5.74, 6) is -0.149. The molecular weight excluding hydrogens is 321 g/mol. The minimum atomic E-state index is -3.63. The smallest absolute Gasteiger partial charge is 0.265 e. The number of alkyl halides is 1. The molecule has 0 unspecified atom stereocenters. The maximum atomic E-state index is 13.3. The monoisotopic (exact) mass is 331 g/mol. The van der Waals surface area contributed by atoms with E-state index in [9.17, 15) is 12.8 Å². The van der Waals surface area contributed by atoms with Gasteiger partial charge in [0.15, 0.2) is 0 Å². The lowest BCUT2D eigenvalue weighted by Crippen LogP contribution is -2.28. The van der Waals surface area contributed by atoms with Gasteiger partial charge in [-0.05, 0) is 36.2 Å². The Morgan fingerprint density at radius 1 is 1.30 bits per heavy atom. The zero-order valence-corrected chi connectivity index (χ0v) is 12.7. The first-order chi connectivity index (χ1) is 9.52. The van der Waals surface area contributed by atoms with Gasteiger partial charge in [-0.1, -0.05) is 6.07 Å². The lowest BCUT2D eigenvalue weighted by atomic mass is 10.2. The van der Waals surface area contributed by atoms with E-state index in [1.54, 1.807) is 18.2 Å². The van der Waals surface area contributed by atoms with Gasteiger partial charge in [-0.15, -0.1) is 22.9 Å². The molecule has 0 radical (unpaired) electrons. The number of nitrogens with zero attached hydrogens (tertiary/aromatic N) is 1. The number of rotatable bonds is 3. The molecule has 7 heteroatoms. The molecule has 0 N–H and O–H groups in total. The van der Waals surface area contributed by atoms with Gasteiger partial charge in [0.25, 0.3) is 10.0 Å². The average molecular weight is 332 g/mol. The second-order valence-corrected chi connectivity index (χ2v) is 7.98. The number of hydrogen-bond acceptors (Lipinski definition) is 3. The van der Waals surface area contributed by atoms with Crippen molar-refractivity contribution in [3.63, 3.8) is 0 Å². The molecule has 0 spiro atoms. The molecule has 1 aromatic heterocycles. The second-order valence-electron chi connectivity index (χ2n) is 4.45. The Labute approximate surface area is 125 Å². The minimum Gasteiger partial charge on any atom is -0.265 e. The largest absolute Gasteiger partial charge is 0.273 e. The summed E-state index contributed by atoms with van der Waals surface area (Å²) in [7, 11) is -3.63. The average Bonchev–Trinajstić information content (AvgIpc) is 3.05.